The average Bonchev–Trinajstić information content (AvgIpc) is 2.48. The van der Waals surface area contributed by atoms with E-state index in [-0.39, 0.29) is 23.9 Å². The molecule has 0 saturated heterocycles. The van der Waals surface area contributed by atoms with Crippen LogP contribution in [0.1, 0.15) is 42.1 Å². The predicted octanol–water partition coefficient (Wildman–Crippen LogP) is 4.21. The number of carbonyl (C=O) groups excluding carboxylic acids is 1. The Hall–Kier alpha value is -2.49. The number of amidine groups is 1. The molecular formula is C18H19FN2O. The first-order chi connectivity index (χ1) is 10.5. The fraction of sp³-hybridized carbons (Fsp3) is 0.222. The number of para-hydroxylation sites is 1. The molecule has 0 spiro atoms. The first-order valence-corrected chi connectivity index (χ1v) is 7.18. The van der Waals surface area contributed by atoms with Crippen molar-refractivity contribution in [2.45, 2.75) is 26.2 Å². The van der Waals surface area contributed by atoms with Crippen molar-refractivity contribution >= 4 is 17.3 Å². The molecule has 22 heavy (non-hydrogen) atoms. The van der Waals surface area contributed by atoms with Crippen molar-refractivity contribution in [1.29, 1.82) is 0 Å². The number of carbonyl (C=O) groups is 1. The maximum absolute atomic E-state index is 12.9. The molecule has 0 aliphatic heterocycles. The second-order valence-corrected chi connectivity index (χ2v) is 5.42. The molecule has 2 aromatic rings. The van der Waals surface area contributed by atoms with Crippen molar-refractivity contribution in [1.82, 2.24) is 0 Å². The summed E-state index contributed by atoms with van der Waals surface area (Å²) in [5.74, 6) is 0.0234. The van der Waals surface area contributed by atoms with Gasteiger partial charge in [0.15, 0.2) is 5.78 Å². The third-order valence-electron chi connectivity index (χ3n) is 3.33. The van der Waals surface area contributed by atoms with Gasteiger partial charge in [-0.2, -0.15) is 0 Å². The first kappa shape index (κ1) is 15.9. The summed E-state index contributed by atoms with van der Waals surface area (Å²) < 4.78 is 12.9. The number of rotatable bonds is 5. The van der Waals surface area contributed by atoms with Gasteiger partial charge in [-0.1, -0.05) is 32.0 Å². The third kappa shape index (κ3) is 4.01. The van der Waals surface area contributed by atoms with Crippen LogP contribution in [0, 0.1) is 5.82 Å². The number of nitrogens with two attached hydrogens (primary N) is 1. The summed E-state index contributed by atoms with van der Waals surface area (Å²) in [6.07, 6.45) is 0.0120. The second kappa shape index (κ2) is 6.98. The smallest absolute Gasteiger partial charge is 0.170 e. The lowest BCUT2D eigenvalue weighted by atomic mass is 10.0. The molecule has 0 aliphatic carbocycles. The Balaban J connectivity index is 2.16. The maximum atomic E-state index is 12.9. The molecule has 2 aromatic carbocycles. The number of ketones is 1. The van der Waals surface area contributed by atoms with Crippen molar-refractivity contribution in [3.63, 3.8) is 0 Å². The molecule has 0 unspecified atom stereocenters. The molecule has 0 aromatic heterocycles. The normalized spacial score (nSPS) is 11.7. The molecule has 2 N–H and O–H groups in total. The molecule has 114 valence electrons. The Morgan fingerprint density at radius 1 is 1.14 bits per heavy atom. The number of aliphatic imine (C=N–C) groups is 1. The molecule has 0 aliphatic rings. The molecule has 0 amide bonds. The van der Waals surface area contributed by atoms with E-state index in [1.165, 1.54) is 24.3 Å². The van der Waals surface area contributed by atoms with Gasteiger partial charge in [-0.05, 0) is 41.8 Å². The summed E-state index contributed by atoms with van der Waals surface area (Å²) in [4.78, 5) is 16.5. The summed E-state index contributed by atoms with van der Waals surface area (Å²) >= 11 is 0. The van der Waals surface area contributed by atoms with E-state index in [2.05, 4.69) is 18.8 Å². The van der Waals surface area contributed by atoms with Crippen LogP contribution in [-0.4, -0.2) is 11.6 Å². The van der Waals surface area contributed by atoms with Gasteiger partial charge in [-0.15, -0.1) is 0 Å². The van der Waals surface area contributed by atoms with Gasteiger partial charge in [0, 0.05) is 5.56 Å². The van der Waals surface area contributed by atoms with Gasteiger partial charge in [-0.25, -0.2) is 9.38 Å². The number of hydrogen-bond donors (Lipinski definition) is 1. The number of hydrogen-bond acceptors (Lipinski definition) is 2. The second-order valence-electron chi connectivity index (χ2n) is 5.42. The van der Waals surface area contributed by atoms with Gasteiger partial charge in [-0.3, -0.25) is 4.79 Å². The van der Waals surface area contributed by atoms with Gasteiger partial charge < -0.3 is 5.73 Å². The van der Waals surface area contributed by atoms with Gasteiger partial charge >= 0.3 is 0 Å². The van der Waals surface area contributed by atoms with Crippen LogP contribution < -0.4 is 5.73 Å². The lowest BCUT2D eigenvalue weighted by Crippen LogP contribution is -2.17. The van der Waals surface area contributed by atoms with Crippen LogP contribution in [0.2, 0.25) is 0 Å². The van der Waals surface area contributed by atoms with E-state index in [1.54, 1.807) is 0 Å². The molecule has 0 bridgehead atoms. The highest BCUT2D eigenvalue weighted by molar-refractivity contribution is 6.09. The minimum Gasteiger partial charge on any atom is -0.387 e. The van der Waals surface area contributed by atoms with Gasteiger partial charge in [0.25, 0.3) is 0 Å². The maximum Gasteiger partial charge on any atom is 0.170 e. The van der Waals surface area contributed by atoms with Crippen LogP contribution in [0.15, 0.2) is 53.5 Å². The van der Waals surface area contributed by atoms with Crippen LogP contribution in [0.25, 0.3) is 0 Å². The van der Waals surface area contributed by atoms with E-state index < -0.39 is 0 Å². The van der Waals surface area contributed by atoms with E-state index in [1.807, 2.05) is 24.3 Å². The van der Waals surface area contributed by atoms with E-state index in [4.69, 9.17) is 5.73 Å². The Bertz CT molecular complexity index is 690. The number of nitrogens with zero attached hydrogens (tertiary/aromatic N) is 1. The molecule has 0 heterocycles. The number of benzene rings is 2. The summed E-state index contributed by atoms with van der Waals surface area (Å²) in [5.41, 5.74) is 8.19. The monoisotopic (exact) mass is 298 g/mol. The lowest BCUT2D eigenvalue weighted by Gasteiger charge is -2.09. The highest BCUT2D eigenvalue weighted by Crippen LogP contribution is 2.26. The average molecular weight is 298 g/mol. The molecule has 2 rings (SSSR count). The van der Waals surface area contributed by atoms with Crippen LogP contribution >= 0.6 is 0 Å². The zero-order valence-corrected chi connectivity index (χ0v) is 12.7. The third-order valence-corrected chi connectivity index (χ3v) is 3.33. The van der Waals surface area contributed by atoms with Crippen molar-refractivity contribution in [3.05, 3.63) is 65.5 Å². The van der Waals surface area contributed by atoms with Crippen LogP contribution in [-0.2, 0) is 0 Å². The van der Waals surface area contributed by atoms with Crippen LogP contribution in [0.4, 0.5) is 10.1 Å². The minimum atomic E-state index is -0.371. The van der Waals surface area contributed by atoms with Gasteiger partial charge in [0.1, 0.15) is 11.7 Å². The molecule has 0 fully saturated rings. The van der Waals surface area contributed by atoms with E-state index >= 15 is 0 Å². The topological polar surface area (TPSA) is 55.4 Å². The molecule has 4 heteroatoms. The Labute approximate surface area is 129 Å². The highest BCUT2D eigenvalue weighted by atomic mass is 19.1. The zero-order chi connectivity index (χ0) is 16.1. The standard InChI is InChI=1S/C18H19FN2O/c1-12(2)15-5-3-4-6-16(15)21-18(20)11-17(22)13-7-9-14(19)10-8-13/h3-10,12H,11H2,1-2H3,(H2,20,21). The molecule has 0 saturated carbocycles. The summed E-state index contributed by atoms with van der Waals surface area (Å²) in [5, 5.41) is 0. The van der Waals surface area contributed by atoms with Crippen molar-refractivity contribution in [3.8, 4) is 0 Å². The summed E-state index contributed by atoms with van der Waals surface area (Å²) in [7, 11) is 0. The number of Topliss-reactive ketones (excluding diaryl/α,β-unsaturated/α-hetero) is 1. The number of halogens is 1. The van der Waals surface area contributed by atoms with Crippen LogP contribution in [0.3, 0.4) is 0 Å². The SMILES string of the molecule is CC(C)c1ccccc1N=C(N)CC(=O)c1ccc(F)cc1. The van der Waals surface area contributed by atoms with Gasteiger partial charge in [0.05, 0.1) is 12.1 Å². The first-order valence-electron chi connectivity index (χ1n) is 7.18. The predicted molar refractivity (Wildman–Crippen MR) is 87.2 cm³/mol. The summed E-state index contributed by atoms with van der Waals surface area (Å²) in [6, 6.07) is 13.1. The van der Waals surface area contributed by atoms with Crippen molar-refractivity contribution in [2.75, 3.05) is 0 Å². The van der Waals surface area contributed by atoms with Crippen LogP contribution in [0.5, 0.6) is 0 Å². The minimum absolute atomic E-state index is 0.0120. The highest BCUT2D eigenvalue weighted by Gasteiger charge is 2.10. The molecule has 0 radical (unpaired) electrons. The largest absolute Gasteiger partial charge is 0.387 e. The molecular weight excluding hydrogens is 279 g/mol. The lowest BCUT2D eigenvalue weighted by molar-refractivity contribution is 0.100. The van der Waals surface area contributed by atoms with Crippen molar-refractivity contribution in [2.24, 2.45) is 10.7 Å². The zero-order valence-electron chi connectivity index (χ0n) is 12.7. The van der Waals surface area contributed by atoms with Gasteiger partial charge in [0.2, 0.25) is 0 Å². The molecule has 3 nitrogen and oxygen atoms in total. The fourth-order valence-corrected chi connectivity index (χ4v) is 2.17. The summed E-state index contributed by atoms with van der Waals surface area (Å²) in [6.45, 7) is 4.16. The quantitative estimate of drug-likeness (QED) is 0.510. The van der Waals surface area contributed by atoms with Crippen molar-refractivity contribution < 1.29 is 9.18 Å². The Morgan fingerprint density at radius 3 is 2.41 bits per heavy atom. The van der Waals surface area contributed by atoms with E-state index in [0.29, 0.717) is 11.5 Å². The van der Waals surface area contributed by atoms with E-state index in [0.717, 1.165) is 11.3 Å². The molecule has 0 atom stereocenters. The fourth-order valence-electron chi connectivity index (χ4n) is 2.17. The van der Waals surface area contributed by atoms with E-state index in [9.17, 15) is 9.18 Å². The Kier molecular flexibility index (Phi) is 5.04. The Morgan fingerprint density at radius 2 is 1.77 bits per heavy atom.